The molecule has 0 amide bonds. The Hall–Kier alpha value is -1.10. The Balaban J connectivity index is 2.76. The number of ether oxygens (including phenoxy) is 1. The lowest BCUT2D eigenvalue weighted by atomic mass is 10.0. The maximum Gasteiger partial charge on any atom is 0.357 e. The molecule has 0 radical (unpaired) electrons. The molecule has 0 aliphatic rings. The zero-order chi connectivity index (χ0) is 13.5. The summed E-state index contributed by atoms with van der Waals surface area (Å²) in [6.07, 6.45) is 2.34. The largest absolute Gasteiger partial charge is 0.464 e. The second kappa shape index (κ2) is 7.36. The zero-order valence-corrected chi connectivity index (χ0v) is 12.4. The highest BCUT2D eigenvalue weighted by atomic mass is 32.1. The standard InChI is InChI=1S/C13H22N2O2S/c1-5-10(6-2)8-15(7-3)13-14-11(9-18-13)12(16)17-4/h9-10H,5-8H2,1-4H3. The highest BCUT2D eigenvalue weighted by Gasteiger charge is 2.16. The van der Waals surface area contributed by atoms with Crippen molar-refractivity contribution >= 4 is 22.4 Å². The van der Waals surface area contributed by atoms with Gasteiger partial charge in [-0.2, -0.15) is 0 Å². The fourth-order valence-corrected chi connectivity index (χ4v) is 2.68. The highest BCUT2D eigenvalue weighted by Crippen LogP contribution is 2.23. The summed E-state index contributed by atoms with van der Waals surface area (Å²) < 4.78 is 4.67. The van der Waals surface area contributed by atoms with Gasteiger partial charge in [0.15, 0.2) is 10.8 Å². The number of hydrogen-bond donors (Lipinski definition) is 0. The Morgan fingerprint density at radius 1 is 1.44 bits per heavy atom. The van der Waals surface area contributed by atoms with Gasteiger partial charge in [-0.05, 0) is 12.8 Å². The number of aromatic nitrogens is 1. The first-order valence-electron chi connectivity index (χ1n) is 6.44. The summed E-state index contributed by atoms with van der Waals surface area (Å²) in [6, 6.07) is 0. The number of anilines is 1. The van der Waals surface area contributed by atoms with Crippen LogP contribution < -0.4 is 4.90 Å². The summed E-state index contributed by atoms with van der Waals surface area (Å²) in [5, 5.41) is 2.67. The van der Waals surface area contributed by atoms with Gasteiger partial charge in [-0.15, -0.1) is 11.3 Å². The molecule has 1 aromatic rings. The number of thiazole rings is 1. The Morgan fingerprint density at radius 3 is 2.61 bits per heavy atom. The molecule has 1 rings (SSSR count). The first kappa shape index (κ1) is 15.0. The fraction of sp³-hybridized carbons (Fsp3) is 0.692. The molecule has 0 saturated carbocycles. The van der Waals surface area contributed by atoms with Gasteiger partial charge in [0.2, 0.25) is 0 Å². The van der Waals surface area contributed by atoms with Gasteiger partial charge in [-0.3, -0.25) is 0 Å². The monoisotopic (exact) mass is 270 g/mol. The van der Waals surface area contributed by atoms with E-state index in [1.165, 1.54) is 31.3 Å². The molecule has 1 heterocycles. The average molecular weight is 270 g/mol. The van der Waals surface area contributed by atoms with Gasteiger partial charge in [0, 0.05) is 18.5 Å². The molecule has 0 spiro atoms. The normalized spacial score (nSPS) is 10.7. The summed E-state index contributed by atoms with van der Waals surface area (Å²) in [6.45, 7) is 8.44. The van der Waals surface area contributed by atoms with Crippen LogP contribution in [0.4, 0.5) is 5.13 Å². The van der Waals surface area contributed by atoms with Crippen molar-refractivity contribution in [3.05, 3.63) is 11.1 Å². The lowest BCUT2D eigenvalue weighted by molar-refractivity contribution is 0.0595. The molecule has 5 heteroatoms. The van der Waals surface area contributed by atoms with Gasteiger partial charge in [-0.25, -0.2) is 9.78 Å². The Kier molecular flexibility index (Phi) is 6.12. The third-order valence-electron chi connectivity index (χ3n) is 3.17. The number of carbonyl (C=O) groups excluding carboxylic acids is 1. The molecule has 0 atom stereocenters. The van der Waals surface area contributed by atoms with Crippen molar-refractivity contribution in [2.75, 3.05) is 25.1 Å². The van der Waals surface area contributed by atoms with Crippen LogP contribution in [0.25, 0.3) is 0 Å². The maximum absolute atomic E-state index is 11.4. The summed E-state index contributed by atoms with van der Waals surface area (Å²) in [7, 11) is 1.38. The van der Waals surface area contributed by atoms with Gasteiger partial charge in [0.1, 0.15) is 0 Å². The van der Waals surface area contributed by atoms with Crippen molar-refractivity contribution in [2.45, 2.75) is 33.6 Å². The smallest absolute Gasteiger partial charge is 0.357 e. The molecule has 0 bridgehead atoms. The van der Waals surface area contributed by atoms with Crippen molar-refractivity contribution in [1.29, 1.82) is 0 Å². The first-order valence-corrected chi connectivity index (χ1v) is 7.32. The third-order valence-corrected chi connectivity index (χ3v) is 4.07. The molecule has 18 heavy (non-hydrogen) atoms. The second-order valence-electron chi connectivity index (χ2n) is 4.23. The van der Waals surface area contributed by atoms with E-state index in [2.05, 4.69) is 35.4 Å². The van der Waals surface area contributed by atoms with Crippen LogP contribution in [0, 0.1) is 5.92 Å². The van der Waals surface area contributed by atoms with Crippen LogP contribution in [0.3, 0.4) is 0 Å². The van der Waals surface area contributed by atoms with E-state index in [1.54, 1.807) is 5.38 Å². The topological polar surface area (TPSA) is 42.4 Å². The number of rotatable bonds is 7. The van der Waals surface area contributed by atoms with Crippen LogP contribution in [0.15, 0.2) is 5.38 Å². The van der Waals surface area contributed by atoms with Crippen molar-refractivity contribution in [1.82, 2.24) is 4.98 Å². The van der Waals surface area contributed by atoms with Crippen molar-refractivity contribution in [2.24, 2.45) is 5.92 Å². The predicted octanol–water partition coefficient (Wildman–Crippen LogP) is 3.19. The van der Waals surface area contributed by atoms with E-state index in [1.807, 2.05) is 0 Å². The number of nitrogens with zero attached hydrogens (tertiary/aromatic N) is 2. The predicted molar refractivity (Wildman–Crippen MR) is 75.4 cm³/mol. The van der Waals surface area contributed by atoms with E-state index in [9.17, 15) is 4.79 Å². The molecule has 0 fully saturated rings. The number of hydrogen-bond acceptors (Lipinski definition) is 5. The summed E-state index contributed by atoms with van der Waals surface area (Å²) in [5.74, 6) is 0.312. The van der Waals surface area contributed by atoms with E-state index < -0.39 is 0 Å². The number of esters is 1. The van der Waals surface area contributed by atoms with Crippen LogP contribution in [0.1, 0.15) is 44.1 Å². The van der Waals surface area contributed by atoms with Crippen LogP contribution in [0.2, 0.25) is 0 Å². The summed E-state index contributed by atoms with van der Waals surface area (Å²) in [4.78, 5) is 18.0. The Labute approximate surface area is 113 Å². The number of carbonyl (C=O) groups is 1. The minimum atomic E-state index is -0.365. The SMILES string of the molecule is CCC(CC)CN(CC)c1nc(C(=O)OC)cs1. The maximum atomic E-state index is 11.4. The summed E-state index contributed by atoms with van der Waals surface area (Å²) >= 11 is 1.50. The lowest BCUT2D eigenvalue weighted by Gasteiger charge is -2.24. The van der Waals surface area contributed by atoms with Gasteiger partial charge in [-0.1, -0.05) is 26.7 Å². The third kappa shape index (κ3) is 3.70. The van der Waals surface area contributed by atoms with Gasteiger partial charge >= 0.3 is 5.97 Å². The quantitative estimate of drug-likeness (QED) is 0.714. The highest BCUT2D eigenvalue weighted by molar-refractivity contribution is 7.13. The van der Waals surface area contributed by atoms with Gasteiger partial charge in [0.05, 0.1) is 7.11 Å². The Morgan fingerprint density at radius 2 is 2.11 bits per heavy atom. The zero-order valence-electron chi connectivity index (χ0n) is 11.6. The second-order valence-corrected chi connectivity index (χ2v) is 5.06. The molecule has 1 aromatic heterocycles. The van der Waals surface area contributed by atoms with E-state index in [0.717, 1.165) is 18.2 Å². The first-order chi connectivity index (χ1) is 8.65. The van der Waals surface area contributed by atoms with Gasteiger partial charge in [0.25, 0.3) is 0 Å². The lowest BCUT2D eigenvalue weighted by Crippen LogP contribution is -2.28. The number of methoxy groups -OCH3 is 1. The van der Waals surface area contributed by atoms with E-state index >= 15 is 0 Å². The fourth-order valence-electron chi connectivity index (χ4n) is 1.81. The van der Waals surface area contributed by atoms with Crippen LogP contribution >= 0.6 is 11.3 Å². The van der Waals surface area contributed by atoms with E-state index in [-0.39, 0.29) is 5.97 Å². The molecule has 0 aromatic carbocycles. The van der Waals surface area contributed by atoms with E-state index in [4.69, 9.17) is 0 Å². The Bertz CT molecular complexity index is 375. The molecule has 0 aliphatic heterocycles. The summed E-state index contributed by atoms with van der Waals surface area (Å²) in [5.41, 5.74) is 0.403. The van der Waals surface area contributed by atoms with Crippen molar-refractivity contribution in [3.8, 4) is 0 Å². The minimum Gasteiger partial charge on any atom is -0.464 e. The van der Waals surface area contributed by atoms with Crippen LogP contribution in [-0.4, -0.2) is 31.2 Å². The molecule has 0 saturated heterocycles. The molecule has 0 aliphatic carbocycles. The van der Waals surface area contributed by atoms with Crippen molar-refractivity contribution in [3.63, 3.8) is 0 Å². The molecule has 102 valence electrons. The molecular weight excluding hydrogens is 248 g/mol. The minimum absolute atomic E-state index is 0.365. The van der Waals surface area contributed by atoms with Crippen LogP contribution in [-0.2, 0) is 4.74 Å². The molecule has 0 N–H and O–H groups in total. The van der Waals surface area contributed by atoms with Crippen LogP contribution in [0.5, 0.6) is 0 Å². The van der Waals surface area contributed by atoms with E-state index in [0.29, 0.717) is 11.6 Å². The molecule has 0 unspecified atom stereocenters. The van der Waals surface area contributed by atoms with Gasteiger partial charge < -0.3 is 9.64 Å². The average Bonchev–Trinajstić information content (AvgIpc) is 2.89. The molecular formula is C13H22N2O2S. The van der Waals surface area contributed by atoms with Crippen molar-refractivity contribution < 1.29 is 9.53 Å². The molecule has 4 nitrogen and oxygen atoms in total.